The first-order chi connectivity index (χ1) is 1.91. The molecule has 0 fully saturated rings. The Bertz CT molecular complexity index is 10.0. The zero-order chi connectivity index (χ0) is 3.41. The maximum absolute atomic E-state index is 10.5. The van der Waals surface area contributed by atoms with Crippen LogP contribution in [0.3, 0.4) is 0 Å². The summed E-state index contributed by atoms with van der Waals surface area (Å²) in [6.07, 6.45) is 0. The normalized spacial score (nSPS) is 7.50. The van der Waals surface area contributed by atoms with Crippen LogP contribution in [0.4, 0.5) is 4.39 Å². The maximum atomic E-state index is 10.5. The van der Waals surface area contributed by atoms with Crippen LogP contribution >= 0.6 is 11.9 Å². The molecule has 1 nitrogen and oxygen atoms in total. The van der Waals surface area contributed by atoms with Gasteiger partial charge in [0.2, 0.25) is 0 Å². The van der Waals surface area contributed by atoms with Gasteiger partial charge in [0.25, 0.3) is 0 Å². The molecular weight excluding hydrogens is 77.1 g/mol. The van der Waals surface area contributed by atoms with E-state index in [4.69, 9.17) is 5.14 Å². The van der Waals surface area contributed by atoms with Gasteiger partial charge in [-0.3, -0.25) is 0 Å². The second kappa shape index (κ2) is 3.24. The summed E-state index contributed by atoms with van der Waals surface area (Å²) in [4.78, 5) is 0. The molecule has 0 aliphatic heterocycles. The van der Waals surface area contributed by atoms with Crippen molar-refractivity contribution in [3.63, 3.8) is 0 Å². The lowest BCUT2D eigenvalue weighted by Crippen LogP contribution is -1.53. The smallest absolute Gasteiger partial charge is 0.150 e. The van der Waals surface area contributed by atoms with Gasteiger partial charge in [0, 0.05) is 0 Å². The van der Waals surface area contributed by atoms with Crippen molar-refractivity contribution in [2.24, 2.45) is 0 Å². The van der Waals surface area contributed by atoms with E-state index in [1.54, 1.807) is 0 Å². The van der Waals surface area contributed by atoms with Crippen LogP contribution in [-0.2, 0) is 0 Å². The van der Waals surface area contributed by atoms with Gasteiger partial charge >= 0.3 is 0 Å². The van der Waals surface area contributed by atoms with Crippen LogP contribution in [0.1, 0.15) is 0 Å². The van der Waals surface area contributed by atoms with Crippen molar-refractivity contribution in [3.8, 4) is 0 Å². The zero-order valence-electron chi connectivity index (χ0n) is 1.99. The molecule has 1 N–H and O–H groups in total. The molecule has 0 aliphatic carbocycles. The van der Waals surface area contributed by atoms with Gasteiger partial charge in [0.15, 0.2) is 6.01 Å². The predicted molar refractivity (Wildman–Crippen MR) is 16.7 cm³/mol. The molecule has 25 valence electrons. The average Bonchev–Trinajstić information content (AvgIpc) is 1.37. The Morgan fingerprint density at radius 1 is 2.00 bits per heavy atom. The molecule has 0 aromatic heterocycles. The number of alkyl halides is 1. The Morgan fingerprint density at radius 2 is 2.25 bits per heavy atom. The molecule has 0 amide bonds. The summed E-state index contributed by atoms with van der Waals surface area (Å²) < 4.78 is 10.5. The molecule has 0 unspecified atom stereocenters. The Labute approximate surface area is 28.5 Å². The van der Waals surface area contributed by atoms with Gasteiger partial charge in [-0.2, -0.15) is 5.14 Å². The van der Waals surface area contributed by atoms with Crippen molar-refractivity contribution in [1.29, 1.82) is 0 Å². The summed E-state index contributed by atoms with van der Waals surface area (Å²) in [6, 6.07) is -0.597. The number of hydrogen-bond donors (Lipinski definition) is 0. The molecule has 0 heterocycles. The van der Waals surface area contributed by atoms with Crippen LogP contribution in [0.15, 0.2) is 0 Å². The predicted octanol–water partition coefficient (Wildman–Crippen LogP) is 0.845. The van der Waals surface area contributed by atoms with Crippen molar-refractivity contribution in [2.45, 2.75) is 0 Å². The minimum Gasteiger partial charge on any atom is -0.238 e. The Morgan fingerprint density at radius 3 is 2.25 bits per heavy atom. The highest BCUT2D eigenvalue weighted by molar-refractivity contribution is 7.96. The fourth-order valence-corrected chi connectivity index (χ4v) is 0. The van der Waals surface area contributed by atoms with E-state index >= 15 is 0 Å². The molecule has 0 saturated heterocycles. The minimum atomic E-state index is -0.597. The van der Waals surface area contributed by atoms with Crippen molar-refractivity contribution in [2.75, 3.05) is 6.01 Å². The number of hydrogen-bond acceptors (Lipinski definition) is 1. The highest BCUT2D eigenvalue weighted by Gasteiger charge is 1.61. The van der Waals surface area contributed by atoms with Gasteiger partial charge in [0.1, 0.15) is 0 Å². The number of rotatable bonds is 1. The van der Waals surface area contributed by atoms with Gasteiger partial charge in [-0.1, -0.05) is 0 Å². The molecule has 0 rings (SSSR count). The highest BCUT2D eigenvalue weighted by Crippen LogP contribution is 1.83. The van der Waals surface area contributed by atoms with Gasteiger partial charge in [0.05, 0.1) is 0 Å². The second-order valence-corrected chi connectivity index (χ2v) is 0.760. The largest absolute Gasteiger partial charge is 0.238 e. The van der Waals surface area contributed by atoms with Crippen LogP contribution < -0.4 is 5.14 Å². The van der Waals surface area contributed by atoms with Gasteiger partial charge in [-0.25, -0.2) is 4.39 Å². The fraction of sp³-hybridized carbons (Fsp3) is 1.00. The van der Waals surface area contributed by atoms with E-state index in [0.717, 1.165) is 0 Å². The summed E-state index contributed by atoms with van der Waals surface area (Å²) in [5.74, 6) is 0. The first kappa shape index (κ1) is 4.24. The van der Waals surface area contributed by atoms with Gasteiger partial charge in [-0.05, 0) is 11.9 Å². The summed E-state index contributed by atoms with van der Waals surface area (Å²) in [5.41, 5.74) is 0. The molecule has 4 heavy (non-hydrogen) atoms. The number of halogens is 1. The molecule has 3 heteroatoms. The first-order valence-corrected chi connectivity index (χ1v) is 1.75. The lowest BCUT2D eigenvalue weighted by molar-refractivity contribution is 0.605. The standard InChI is InChI=1S/CH3FNS/c2-1-4-3/h3H,1H2. The third-order valence-electron chi connectivity index (χ3n) is 0.0546. The third-order valence-corrected chi connectivity index (χ3v) is 0.164. The summed E-state index contributed by atoms with van der Waals surface area (Å²) >= 11 is 0.440. The monoisotopic (exact) mass is 80.0 g/mol. The van der Waals surface area contributed by atoms with E-state index < -0.39 is 6.01 Å². The van der Waals surface area contributed by atoms with Crippen molar-refractivity contribution in [3.05, 3.63) is 0 Å². The van der Waals surface area contributed by atoms with Gasteiger partial charge in [-0.15, -0.1) is 0 Å². The Hall–Kier alpha value is 0.240. The number of nitrogens with one attached hydrogen (secondary N) is 1. The van der Waals surface area contributed by atoms with E-state index in [0.29, 0.717) is 11.9 Å². The van der Waals surface area contributed by atoms with E-state index in [1.807, 2.05) is 0 Å². The molecule has 0 aromatic rings. The van der Waals surface area contributed by atoms with Crippen LogP contribution in [0, 0.1) is 0 Å². The van der Waals surface area contributed by atoms with Crippen molar-refractivity contribution < 1.29 is 4.39 Å². The molecule has 0 aliphatic rings. The minimum absolute atomic E-state index is 0.440. The summed E-state index contributed by atoms with van der Waals surface area (Å²) in [7, 11) is 0. The van der Waals surface area contributed by atoms with Crippen LogP contribution in [0.5, 0.6) is 0 Å². The molecule has 0 spiro atoms. The fourth-order valence-electron chi connectivity index (χ4n) is 0. The lowest BCUT2D eigenvalue weighted by atomic mass is 11.8. The Kier molecular flexibility index (Phi) is 3.43. The molecule has 0 atom stereocenters. The van der Waals surface area contributed by atoms with Crippen molar-refractivity contribution >= 4 is 11.9 Å². The van der Waals surface area contributed by atoms with E-state index in [2.05, 4.69) is 0 Å². The third kappa shape index (κ3) is 2.24. The maximum Gasteiger partial charge on any atom is 0.150 e. The van der Waals surface area contributed by atoms with Crippen LogP contribution in [-0.4, -0.2) is 6.01 Å². The van der Waals surface area contributed by atoms with Crippen molar-refractivity contribution in [1.82, 2.24) is 5.14 Å². The summed E-state index contributed by atoms with van der Waals surface area (Å²) in [6.45, 7) is 0. The Balaban J connectivity index is 1.97. The quantitative estimate of drug-likeness (QED) is 0.428. The zero-order valence-corrected chi connectivity index (χ0v) is 2.81. The lowest BCUT2D eigenvalue weighted by Gasteiger charge is -1.64. The molecule has 0 bridgehead atoms. The molecule has 0 saturated carbocycles. The first-order valence-electron chi connectivity index (χ1n) is 0.760. The van der Waals surface area contributed by atoms with E-state index in [9.17, 15) is 4.39 Å². The van der Waals surface area contributed by atoms with Gasteiger partial charge < -0.3 is 0 Å². The second-order valence-electron chi connectivity index (χ2n) is 0.253. The SMILES string of the molecule is [NH]SCF. The molecular formula is CH3FNS. The van der Waals surface area contributed by atoms with Crippen LogP contribution in [0.2, 0.25) is 0 Å². The van der Waals surface area contributed by atoms with E-state index in [-0.39, 0.29) is 0 Å². The van der Waals surface area contributed by atoms with E-state index in [1.165, 1.54) is 0 Å². The summed E-state index contributed by atoms with van der Waals surface area (Å²) in [5, 5.41) is 5.99. The topological polar surface area (TPSA) is 23.8 Å². The molecule has 0 aromatic carbocycles. The highest BCUT2D eigenvalue weighted by atomic mass is 32.2. The average molecular weight is 80.1 g/mol. The molecule has 1 radical (unpaired) electrons. The van der Waals surface area contributed by atoms with Crippen LogP contribution in [0.25, 0.3) is 0 Å².